The molecule has 1 N–H and O–H groups in total. The highest BCUT2D eigenvalue weighted by Crippen LogP contribution is 2.35. The summed E-state index contributed by atoms with van der Waals surface area (Å²) in [6.45, 7) is 3.28. The van der Waals surface area contributed by atoms with Gasteiger partial charge in [-0.05, 0) is 61.4 Å². The van der Waals surface area contributed by atoms with Gasteiger partial charge in [0.2, 0.25) is 0 Å². The second-order valence-corrected chi connectivity index (χ2v) is 9.06. The molecule has 3 heterocycles. The van der Waals surface area contributed by atoms with Crippen LogP contribution in [0.5, 0.6) is 23.1 Å². The average Bonchev–Trinajstić information content (AvgIpc) is 2.94. The fourth-order valence-electron chi connectivity index (χ4n) is 4.34. The largest absolute Gasteiger partial charge is 0.491 e. The molecule has 0 aliphatic rings. The Morgan fingerprint density at radius 2 is 1.71 bits per heavy atom. The van der Waals surface area contributed by atoms with E-state index in [0.717, 1.165) is 6.07 Å². The minimum absolute atomic E-state index is 0.108. The third-order valence-corrected chi connectivity index (χ3v) is 6.38. The Kier molecular flexibility index (Phi) is 7.34. The number of fused-ring (bicyclic) bond motifs is 1. The number of hydrogen-bond donors (Lipinski definition) is 1. The van der Waals surface area contributed by atoms with Crippen molar-refractivity contribution < 1.29 is 27.8 Å². The van der Waals surface area contributed by atoms with Gasteiger partial charge in [0.1, 0.15) is 16.9 Å². The lowest BCUT2D eigenvalue weighted by Gasteiger charge is -2.14. The summed E-state index contributed by atoms with van der Waals surface area (Å²) in [5, 5.41) is 2.57. The lowest BCUT2D eigenvalue weighted by molar-refractivity contribution is 0.102. The van der Waals surface area contributed by atoms with Crippen molar-refractivity contribution in [3.63, 3.8) is 0 Å². The quantitative estimate of drug-likeness (QED) is 0.272. The number of nitrogens with zero attached hydrogens (tertiary/aromatic N) is 3. The Labute approximate surface area is 233 Å². The number of amides is 1. The van der Waals surface area contributed by atoms with E-state index in [1.165, 1.54) is 67.6 Å². The smallest absolute Gasteiger partial charge is 0.268 e. The standard InChI is InChI=1S/C30H24F2N4O5/c1-16-10-12-36(22-7-5-18(31)13-17(22)2)30(38)26(16)28(37)34-19-6-8-23(20(32)14-19)41-24-9-11-33-21-15-25(39-3)29(40-4)35-27(21)24/h5-15H,1-4H3,(H,34,37). The molecule has 11 heteroatoms. The highest BCUT2D eigenvalue weighted by atomic mass is 19.1. The first-order valence-electron chi connectivity index (χ1n) is 12.4. The highest BCUT2D eigenvalue weighted by Gasteiger charge is 2.19. The van der Waals surface area contributed by atoms with Gasteiger partial charge in [0.15, 0.2) is 23.1 Å². The van der Waals surface area contributed by atoms with Crippen LogP contribution in [0.1, 0.15) is 21.5 Å². The van der Waals surface area contributed by atoms with Crippen molar-refractivity contribution in [1.82, 2.24) is 14.5 Å². The average molecular weight is 559 g/mol. The van der Waals surface area contributed by atoms with Gasteiger partial charge in [-0.15, -0.1) is 0 Å². The van der Waals surface area contributed by atoms with Crippen molar-refractivity contribution in [3.8, 4) is 28.8 Å². The zero-order chi connectivity index (χ0) is 29.3. The number of pyridine rings is 3. The minimum atomic E-state index is -0.766. The van der Waals surface area contributed by atoms with Crippen molar-refractivity contribution >= 4 is 22.6 Å². The summed E-state index contributed by atoms with van der Waals surface area (Å²) in [7, 11) is 2.92. The fourth-order valence-corrected chi connectivity index (χ4v) is 4.34. The molecule has 41 heavy (non-hydrogen) atoms. The molecule has 0 aliphatic heterocycles. The molecule has 0 atom stereocenters. The summed E-state index contributed by atoms with van der Waals surface area (Å²) in [5.74, 6) is -1.24. The summed E-state index contributed by atoms with van der Waals surface area (Å²) in [6, 6.07) is 12.6. The summed E-state index contributed by atoms with van der Waals surface area (Å²) in [4.78, 5) is 35.0. The first kappa shape index (κ1) is 27.3. The number of carbonyl (C=O) groups excluding carboxylic acids is 1. The third kappa shape index (κ3) is 5.29. The van der Waals surface area contributed by atoms with E-state index in [9.17, 15) is 14.0 Å². The van der Waals surface area contributed by atoms with Gasteiger partial charge >= 0.3 is 0 Å². The predicted molar refractivity (Wildman–Crippen MR) is 149 cm³/mol. The van der Waals surface area contributed by atoms with Crippen LogP contribution in [0, 0.1) is 25.5 Å². The molecule has 0 saturated heterocycles. The molecule has 208 valence electrons. The lowest BCUT2D eigenvalue weighted by Crippen LogP contribution is -2.29. The third-order valence-electron chi connectivity index (χ3n) is 6.38. The topological polar surface area (TPSA) is 105 Å². The van der Waals surface area contributed by atoms with Crippen molar-refractivity contribution in [1.29, 1.82) is 0 Å². The number of benzene rings is 2. The Hall–Kier alpha value is -5.32. The maximum Gasteiger partial charge on any atom is 0.268 e. The van der Waals surface area contributed by atoms with Crippen molar-refractivity contribution in [3.05, 3.63) is 106 Å². The number of hydrogen-bond acceptors (Lipinski definition) is 7. The van der Waals surface area contributed by atoms with Gasteiger partial charge in [0.05, 0.1) is 25.4 Å². The molecule has 0 saturated carbocycles. The second-order valence-electron chi connectivity index (χ2n) is 9.06. The van der Waals surface area contributed by atoms with Gasteiger partial charge in [-0.25, -0.2) is 13.8 Å². The molecule has 3 aromatic heterocycles. The van der Waals surface area contributed by atoms with E-state index in [-0.39, 0.29) is 28.6 Å². The Bertz CT molecular complexity index is 1870. The molecule has 1 amide bonds. The number of nitrogens with one attached hydrogen (secondary N) is 1. The van der Waals surface area contributed by atoms with E-state index in [0.29, 0.717) is 33.6 Å². The number of halogens is 2. The van der Waals surface area contributed by atoms with Crippen molar-refractivity contribution in [2.75, 3.05) is 19.5 Å². The van der Waals surface area contributed by atoms with Crippen LogP contribution in [0.25, 0.3) is 16.7 Å². The molecular weight excluding hydrogens is 534 g/mol. The van der Waals surface area contributed by atoms with Crippen LogP contribution in [-0.2, 0) is 0 Å². The molecule has 5 rings (SSSR count). The summed E-state index contributed by atoms with van der Waals surface area (Å²) in [6.07, 6.45) is 3.00. The maximum atomic E-state index is 15.1. The van der Waals surface area contributed by atoms with E-state index in [4.69, 9.17) is 14.2 Å². The first-order chi connectivity index (χ1) is 19.7. The molecule has 0 unspecified atom stereocenters. The number of aryl methyl sites for hydroxylation is 2. The van der Waals surface area contributed by atoms with E-state index < -0.39 is 23.1 Å². The van der Waals surface area contributed by atoms with E-state index in [1.54, 1.807) is 26.0 Å². The summed E-state index contributed by atoms with van der Waals surface area (Å²) >= 11 is 0. The fraction of sp³-hybridized carbons (Fsp3) is 0.133. The zero-order valence-electron chi connectivity index (χ0n) is 22.5. The Morgan fingerprint density at radius 3 is 2.41 bits per heavy atom. The van der Waals surface area contributed by atoms with Gasteiger partial charge in [-0.1, -0.05) is 0 Å². The predicted octanol–water partition coefficient (Wildman–Crippen LogP) is 5.74. The number of methoxy groups -OCH3 is 2. The molecule has 5 aromatic rings. The van der Waals surface area contributed by atoms with Crippen LogP contribution < -0.4 is 25.1 Å². The van der Waals surface area contributed by atoms with Gasteiger partial charge in [-0.3, -0.25) is 19.1 Å². The van der Waals surface area contributed by atoms with Gasteiger partial charge in [0, 0.05) is 36.3 Å². The molecule has 0 fully saturated rings. The van der Waals surface area contributed by atoms with E-state index >= 15 is 4.39 Å². The number of rotatable bonds is 7. The van der Waals surface area contributed by atoms with Gasteiger partial charge in [-0.2, -0.15) is 0 Å². The number of carbonyl (C=O) groups is 1. The van der Waals surface area contributed by atoms with Crippen LogP contribution in [0.15, 0.2) is 71.8 Å². The minimum Gasteiger partial charge on any atom is -0.491 e. The van der Waals surface area contributed by atoms with Crippen LogP contribution in [0.4, 0.5) is 14.5 Å². The Balaban J connectivity index is 1.41. The highest BCUT2D eigenvalue weighted by molar-refractivity contribution is 6.05. The summed E-state index contributed by atoms with van der Waals surface area (Å²) < 4.78 is 46.3. The molecule has 0 spiro atoms. The van der Waals surface area contributed by atoms with Crippen molar-refractivity contribution in [2.45, 2.75) is 13.8 Å². The van der Waals surface area contributed by atoms with Crippen LogP contribution in [-0.4, -0.2) is 34.7 Å². The van der Waals surface area contributed by atoms with Crippen LogP contribution in [0.3, 0.4) is 0 Å². The normalized spacial score (nSPS) is 10.9. The van der Waals surface area contributed by atoms with Crippen LogP contribution in [0.2, 0.25) is 0 Å². The number of aromatic nitrogens is 3. The molecule has 0 aliphatic carbocycles. The van der Waals surface area contributed by atoms with Crippen LogP contribution >= 0.6 is 0 Å². The molecule has 0 radical (unpaired) electrons. The second kappa shape index (κ2) is 11.0. The molecule has 0 bridgehead atoms. The number of ether oxygens (including phenoxy) is 3. The van der Waals surface area contributed by atoms with Gasteiger partial charge in [0.25, 0.3) is 17.3 Å². The monoisotopic (exact) mass is 558 g/mol. The van der Waals surface area contributed by atoms with Crippen molar-refractivity contribution in [2.24, 2.45) is 0 Å². The zero-order valence-corrected chi connectivity index (χ0v) is 22.5. The number of anilines is 1. The lowest BCUT2D eigenvalue weighted by atomic mass is 10.1. The first-order valence-corrected chi connectivity index (χ1v) is 12.4. The molecule has 2 aromatic carbocycles. The molecule has 9 nitrogen and oxygen atoms in total. The van der Waals surface area contributed by atoms with E-state index in [2.05, 4.69) is 15.3 Å². The Morgan fingerprint density at radius 1 is 0.902 bits per heavy atom. The van der Waals surface area contributed by atoms with Gasteiger partial charge < -0.3 is 19.5 Å². The van der Waals surface area contributed by atoms with E-state index in [1.807, 2.05) is 0 Å². The molecular formula is C30H24F2N4O5. The summed E-state index contributed by atoms with van der Waals surface area (Å²) in [5.41, 5.74) is 1.54. The maximum absolute atomic E-state index is 15.1. The SMILES string of the molecule is COc1cc2nccc(Oc3ccc(NC(=O)c4c(C)ccn(-c5ccc(F)cc5C)c4=O)cc3F)c2nc1OC.